The van der Waals surface area contributed by atoms with Crippen LogP contribution in [0.15, 0.2) is 47.0 Å². The first-order valence-corrected chi connectivity index (χ1v) is 8.84. The third kappa shape index (κ3) is 4.06. The van der Waals surface area contributed by atoms with Gasteiger partial charge in [-0.05, 0) is 48.9 Å². The minimum absolute atomic E-state index is 0.0132. The van der Waals surface area contributed by atoms with Crippen LogP contribution in [-0.4, -0.2) is 22.6 Å². The Morgan fingerprint density at radius 3 is 2.38 bits per heavy atom. The molecule has 0 saturated carbocycles. The molecular formula is C19H17Cl2N3O2. The Hall–Kier alpha value is -2.37. The van der Waals surface area contributed by atoms with Crippen LogP contribution in [0.3, 0.4) is 0 Å². The van der Waals surface area contributed by atoms with E-state index in [4.69, 9.17) is 27.7 Å². The molecule has 0 aliphatic rings. The molecule has 3 rings (SSSR count). The van der Waals surface area contributed by atoms with Crippen LogP contribution in [0.4, 0.5) is 0 Å². The van der Waals surface area contributed by atoms with Gasteiger partial charge in [0, 0.05) is 33.6 Å². The minimum atomic E-state index is -0.173. The molecule has 0 saturated heterocycles. The molecule has 26 heavy (non-hydrogen) atoms. The highest BCUT2D eigenvalue weighted by atomic mass is 35.5. The van der Waals surface area contributed by atoms with Gasteiger partial charge in [0.1, 0.15) is 0 Å². The maximum absolute atomic E-state index is 12.4. The van der Waals surface area contributed by atoms with Crippen molar-refractivity contribution in [1.82, 2.24) is 15.5 Å². The largest absolute Gasteiger partial charge is 0.351 e. The number of aryl methyl sites for hydroxylation is 1. The number of aromatic nitrogens is 2. The number of carbonyl (C=O) groups is 1. The molecular weight excluding hydrogens is 373 g/mol. The summed E-state index contributed by atoms with van der Waals surface area (Å²) in [5, 5.41) is 7.85. The van der Waals surface area contributed by atoms with Crippen molar-refractivity contribution in [2.45, 2.75) is 19.8 Å². The van der Waals surface area contributed by atoms with Crippen molar-refractivity contribution in [3.63, 3.8) is 0 Å². The Morgan fingerprint density at radius 2 is 1.81 bits per heavy atom. The van der Waals surface area contributed by atoms with Crippen molar-refractivity contribution in [2.75, 3.05) is 6.54 Å². The van der Waals surface area contributed by atoms with Crippen molar-refractivity contribution < 1.29 is 9.32 Å². The second-order valence-corrected chi connectivity index (χ2v) is 6.78. The quantitative estimate of drug-likeness (QED) is 0.674. The van der Waals surface area contributed by atoms with Crippen molar-refractivity contribution in [2.24, 2.45) is 0 Å². The fourth-order valence-electron chi connectivity index (χ4n) is 2.61. The van der Waals surface area contributed by atoms with Crippen LogP contribution in [0.1, 0.15) is 34.6 Å². The van der Waals surface area contributed by atoms with E-state index in [2.05, 4.69) is 15.5 Å². The molecule has 1 heterocycles. The van der Waals surface area contributed by atoms with E-state index in [1.807, 2.05) is 6.92 Å². The first-order chi connectivity index (χ1) is 12.5. The lowest BCUT2D eigenvalue weighted by Gasteiger charge is -2.16. The average molecular weight is 390 g/mol. The Kier molecular flexibility index (Phi) is 5.59. The zero-order valence-corrected chi connectivity index (χ0v) is 15.8. The van der Waals surface area contributed by atoms with Gasteiger partial charge in [0.25, 0.3) is 11.8 Å². The molecule has 134 valence electrons. The molecule has 1 atom stereocenters. The molecule has 0 spiro atoms. The topological polar surface area (TPSA) is 68.0 Å². The predicted molar refractivity (Wildman–Crippen MR) is 102 cm³/mol. The highest BCUT2D eigenvalue weighted by molar-refractivity contribution is 6.36. The number of carbonyl (C=O) groups excluding carboxylic acids is 1. The van der Waals surface area contributed by atoms with Crippen molar-refractivity contribution in [3.8, 4) is 11.5 Å². The highest BCUT2D eigenvalue weighted by Gasteiger charge is 2.15. The monoisotopic (exact) mass is 389 g/mol. The number of amides is 1. The van der Waals surface area contributed by atoms with Gasteiger partial charge in [0.15, 0.2) is 5.82 Å². The van der Waals surface area contributed by atoms with E-state index < -0.39 is 0 Å². The van der Waals surface area contributed by atoms with Crippen LogP contribution >= 0.6 is 23.2 Å². The lowest BCUT2D eigenvalue weighted by atomic mass is 10.0. The first-order valence-electron chi connectivity index (χ1n) is 8.08. The van der Waals surface area contributed by atoms with E-state index in [0.717, 1.165) is 11.1 Å². The minimum Gasteiger partial charge on any atom is -0.351 e. The number of rotatable bonds is 5. The van der Waals surface area contributed by atoms with Crippen LogP contribution in [-0.2, 0) is 0 Å². The van der Waals surface area contributed by atoms with Gasteiger partial charge in [-0.15, -0.1) is 0 Å². The van der Waals surface area contributed by atoms with Gasteiger partial charge in [0.05, 0.1) is 0 Å². The average Bonchev–Trinajstić information content (AvgIpc) is 3.06. The lowest BCUT2D eigenvalue weighted by molar-refractivity contribution is 0.0951. The molecule has 2 aromatic carbocycles. The van der Waals surface area contributed by atoms with Crippen molar-refractivity contribution in [1.29, 1.82) is 0 Å². The first kappa shape index (κ1) is 18.4. The molecule has 0 unspecified atom stereocenters. The zero-order chi connectivity index (χ0) is 18.7. The molecule has 1 amide bonds. The molecule has 0 aliphatic carbocycles. The Bertz CT molecular complexity index is 903. The summed E-state index contributed by atoms with van der Waals surface area (Å²) in [6.07, 6.45) is 0. The zero-order valence-electron chi connectivity index (χ0n) is 14.3. The second kappa shape index (κ2) is 7.89. The number of halogens is 2. The van der Waals surface area contributed by atoms with Gasteiger partial charge < -0.3 is 9.84 Å². The highest BCUT2D eigenvalue weighted by Crippen LogP contribution is 2.31. The normalized spacial score (nSPS) is 12.0. The second-order valence-electron chi connectivity index (χ2n) is 5.97. The molecule has 7 heteroatoms. The van der Waals surface area contributed by atoms with Gasteiger partial charge in [0.2, 0.25) is 0 Å². The summed E-state index contributed by atoms with van der Waals surface area (Å²) in [7, 11) is 0. The van der Waals surface area contributed by atoms with E-state index in [-0.39, 0.29) is 11.8 Å². The summed E-state index contributed by atoms with van der Waals surface area (Å²) in [4.78, 5) is 16.5. The van der Waals surface area contributed by atoms with Crippen molar-refractivity contribution in [3.05, 3.63) is 69.5 Å². The van der Waals surface area contributed by atoms with Crippen LogP contribution in [0.25, 0.3) is 11.5 Å². The standard InChI is InChI=1S/C19H17Cl2N3O2/c1-11(17-15(20)4-3-5-16(17)21)10-22-18(25)13-6-8-14(9-7-13)19-23-12(2)24-26-19/h3-9,11H,10H2,1-2H3,(H,22,25)/t11-/m0/s1. The maximum Gasteiger partial charge on any atom is 0.257 e. The number of nitrogens with zero attached hydrogens (tertiary/aromatic N) is 2. The lowest BCUT2D eigenvalue weighted by Crippen LogP contribution is -2.27. The molecule has 0 aliphatic heterocycles. The molecule has 5 nitrogen and oxygen atoms in total. The maximum atomic E-state index is 12.4. The summed E-state index contributed by atoms with van der Waals surface area (Å²) in [6.45, 7) is 4.14. The third-order valence-electron chi connectivity index (χ3n) is 3.98. The molecule has 0 bridgehead atoms. The smallest absolute Gasteiger partial charge is 0.257 e. The Labute approximate surface area is 161 Å². The molecule has 1 aromatic heterocycles. The molecule has 0 radical (unpaired) electrons. The van der Waals surface area contributed by atoms with Crippen LogP contribution in [0, 0.1) is 6.92 Å². The van der Waals surface area contributed by atoms with Gasteiger partial charge in [-0.2, -0.15) is 4.98 Å². The van der Waals surface area contributed by atoms with Crippen LogP contribution < -0.4 is 5.32 Å². The summed E-state index contributed by atoms with van der Waals surface area (Å²) >= 11 is 12.4. The summed E-state index contributed by atoms with van der Waals surface area (Å²) in [5.74, 6) is 0.805. The SMILES string of the molecule is Cc1noc(-c2ccc(C(=O)NC[C@H](C)c3c(Cl)cccc3Cl)cc2)n1. The predicted octanol–water partition coefficient (Wildman–Crippen LogP) is 4.89. The van der Waals surface area contributed by atoms with E-state index >= 15 is 0 Å². The van der Waals surface area contributed by atoms with Crippen LogP contribution in [0.2, 0.25) is 10.0 Å². The van der Waals surface area contributed by atoms with Crippen LogP contribution in [0.5, 0.6) is 0 Å². The van der Waals surface area contributed by atoms with Gasteiger partial charge >= 0.3 is 0 Å². The van der Waals surface area contributed by atoms with E-state index in [1.165, 1.54) is 0 Å². The fraction of sp³-hybridized carbons (Fsp3) is 0.211. The van der Waals surface area contributed by atoms with E-state index in [0.29, 0.717) is 33.9 Å². The van der Waals surface area contributed by atoms with Gasteiger partial charge in [-0.1, -0.05) is 41.3 Å². The van der Waals surface area contributed by atoms with Gasteiger partial charge in [-0.3, -0.25) is 4.79 Å². The third-order valence-corrected chi connectivity index (χ3v) is 4.64. The Morgan fingerprint density at radius 1 is 1.15 bits per heavy atom. The molecule has 3 aromatic rings. The van der Waals surface area contributed by atoms with E-state index in [1.54, 1.807) is 49.4 Å². The Balaban J connectivity index is 1.65. The number of benzene rings is 2. The van der Waals surface area contributed by atoms with Gasteiger partial charge in [-0.25, -0.2) is 0 Å². The van der Waals surface area contributed by atoms with E-state index in [9.17, 15) is 4.79 Å². The summed E-state index contributed by atoms with van der Waals surface area (Å²) in [5.41, 5.74) is 2.14. The van der Waals surface area contributed by atoms with Crippen molar-refractivity contribution >= 4 is 29.1 Å². The number of hydrogen-bond acceptors (Lipinski definition) is 4. The fourth-order valence-corrected chi connectivity index (χ4v) is 3.38. The number of hydrogen-bond donors (Lipinski definition) is 1. The molecule has 0 fully saturated rings. The summed E-state index contributed by atoms with van der Waals surface area (Å²) < 4.78 is 5.11. The molecule has 1 N–H and O–H groups in total. The number of nitrogens with one attached hydrogen (secondary N) is 1. The summed E-state index contributed by atoms with van der Waals surface area (Å²) in [6, 6.07) is 12.4.